The van der Waals surface area contributed by atoms with Crippen molar-refractivity contribution in [2.24, 2.45) is 0 Å². The molecule has 3 heteroatoms. The van der Waals surface area contributed by atoms with Crippen LogP contribution in [0.4, 0.5) is 5.69 Å². The van der Waals surface area contributed by atoms with Gasteiger partial charge in [0.25, 0.3) is 0 Å². The van der Waals surface area contributed by atoms with E-state index in [-0.39, 0.29) is 0 Å². The Morgan fingerprint density at radius 2 is 1.82 bits per heavy atom. The molecule has 0 atom stereocenters. The SMILES string of the molecule is Cc1cccc(Oc2nccc(C)c2N)c1C. The second-order valence-corrected chi connectivity index (χ2v) is 4.15. The zero-order valence-corrected chi connectivity index (χ0v) is 10.3. The Hall–Kier alpha value is -2.03. The number of benzene rings is 1. The molecular weight excluding hydrogens is 212 g/mol. The molecular formula is C14H16N2O. The summed E-state index contributed by atoms with van der Waals surface area (Å²) in [7, 11) is 0. The largest absolute Gasteiger partial charge is 0.437 e. The van der Waals surface area contributed by atoms with E-state index in [1.54, 1.807) is 6.20 Å². The van der Waals surface area contributed by atoms with E-state index in [0.717, 1.165) is 16.9 Å². The molecule has 1 heterocycles. The minimum atomic E-state index is 0.471. The van der Waals surface area contributed by atoms with Gasteiger partial charge in [-0.3, -0.25) is 0 Å². The van der Waals surface area contributed by atoms with Crippen molar-refractivity contribution in [1.29, 1.82) is 0 Å². The van der Waals surface area contributed by atoms with Crippen LogP contribution in [0.2, 0.25) is 0 Å². The fourth-order valence-corrected chi connectivity index (χ4v) is 1.56. The van der Waals surface area contributed by atoms with Crippen molar-refractivity contribution in [3.8, 4) is 11.6 Å². The summed E-state index contributed by atoms with van der Waals surface area (Å²) in [4.78, 5) is 4.16. The number of aromatic nitrogens is 1. The van der Waals surface area contributed by atoms with Crippen LogP contribution in [0.15, 0.2) is 30.5 Å². The molecule has 0 fully saturated rings. The maximum atomic E-state index is 5.93. The van der Waals surface area contributed by atoms with E-state index in [4.69, 9.17) is 10.5 Å². The van der Waals surface area contributed by atoms with Gasteiger partial charge in [-0.2, -0.15) is 0 Å². The van der Waals surface area contributed by atoms with Gasteiger partial charge < -0.3 is 10.5 Å². The fraction of sp³-hybridized carbons (Fsp3) is 0.214. The van der Waals surface area contributed by atoms with Crippen LogP contribution < -0.4 is 10.5 Å². The van der Waals surface area contributed by atoms with Crippen molar-refractivity contribution >= 4 is 5.69 Å². The topological polar surface area (TPSA) is 48.1 Å². The van der Waals surface area contributed by atoms with Crippen LogP contribution in [0, 0.1) is 20.8 Å². The summed E-state index contributed by atoms with van der Waals surface area (Å²) in [6.45, 7) is 6.01. The van der Waals surface area contributed by atoms with Gasteiger partial charge in [-0.1, -0.05) is 12.1 Å². The number of rotatable bonds is 2. The number of nitrogens with zero attached hydrogens (tertiary/aromatic N) is 1. The van der Waals surface area contributed by atoms with Crippen molar-refractivity contribution in [1.82, 2.24) is 4.98 Å². The molecule has 2 aromatic rings. The average Bonchev–Trinajstić information content (AvgIpc) is 2.31. The van der Waals surface area contributed by atoms with Crippen LogP contribution in [0.1, 0.15) is 16.7 Å². The van der Waals surface area contributed by atoms with Gasteiger partial charge in [0, 0.05) is 6.20 Å². The number of ether oxygens (including phenoxy) is 1. The Morgan fingerprint density at radius 3 is 2.59 bits per heavy atom. The Morgan fingerprint density at radius 1 is 1.06 bits per heavy atom. The minimum Gasteiger partial charge on any atom is -0.437 e. The lowest BCUT2D eigenvalue weighted by molar-refractivity contribution is 0.461. The number of pyridine rings is 1. The highest BCUT2D eigenvalue weighted by atomic mass is 16.5. The number of aryl methyl sites for hydroxylation is 2. The maximum absolute atomic E-state index is 5.93. The summed E-state index contributed by atoms with van der Waals surface area (Å²) in [6, 6.07) is 7.80. The van der Waals surface area contributed by atoms with Crippen LogP contribution in [-0.4, -0.2) is 4.98 Å². The number of nitrogen functional groups attached to an aromatic ring is 1. The Bertz CT molecular complexity index is 500. The van der Waals surface area contributed by atoms with Gasteiger partial charge in [-0.05, 0) is 49.6 Å². The van der Waals surface area contributed by atoms with Crippen LogP contribution in [-0.2, 0) is 0 Å². The van der Waals surface area contributed by atoms with Gasteiger partial charge in [0.2, 0.25) is 5.88 Å². The molecule has 0 aliphatic heterocycles. The number of hydrogen-bond donors (Lipinski definition) is 1. The molecule has 2 rings (SSSR count). The standard InChI is InChI=1S/C14H16N2O/c1-9-5-4-6-12(11(9)3)17-14-13(15)10(2)7-8-16-14/h4-8H,15H2,1-3H3. The van der Waals surface area contributed by atoms with E-state index in [2.05, 4.69) is 18.0 Å². The van der Waals surface area contributed by atoms with Crippen molar-refractivity contribution in [3.05, 3.63) is 47.2 Å². The third-order valence-corrected chi connectivity index (χ3v) is 2.93. The Labute approximate surface area is 101 Å². The molecule has 0 amide bonds. The second kappa shape index (κ2) is 4.45. The zero-order chi connectivity index (χ0) is 12.4. The van der Waals surface area contributed by atoms with Crippen LogP contribution >= 0.6 is 0 Å². The lowest BCUT2D eigenvalue weighted by Gasteiger charge is -2.12. The first-order valence-electron chi connectivity index (χ1n) is 5.54. The second-order valence-electron chi connectivity index (χ2n) is 4.15. The zero-order valence-electron chi connectivity index (χ0n) is 10.3. The predicted octanol–water partition coefficient (Wildman–Crippen LogP) is 3.38. The van der Waals surface area contributed by atoms with Gasteiger partial charge in [-0.25, -0.2) is 4.98 Å². The lowest BCUT2D eigenvalue weighted by atomic mass is 10.1. The molecule has 17 heavy (non-hydrogen) atoms. The smallest absolute Gasteiger partial charge is 0.242 e. The Kier molecular flexibility index (Phi) is 3.00. The summed E-state index contributed by atoms with van der Waals surface area (Å²) < 4.78 is 5.77. The number of nitrogens with two attached hydrogens (primary N) is 1. The normalized spacial score (nSPS) is 10.3. The van der Waals surface area contributed by atoms with E-state index in [1.807, 2.05) is 32.0 Å². The highest BCUT2D eigenvalue weighted by Gasteiger charge is 2.08. The van der Waals surface area contributed by atoms with Gasteiger partial charge in [0.15, 0.2) is 0 Å². The summed E-state index contributed by atoms with van der Waals surface area (Å²) in [5.74, 6) is 1.27. The molecule has 0 unspecified atom stereocenters. The molecule has 2 N–H and O–H groups in total. The molecule has 88 valence electrons. The van der Waals surface area contributed by atoms with E-state index < -0.39 is 0 Å². The van der Waals surface area contributed by atoms with Gasteiger partial charge in [0.1, 0.15) is 5.75 Å². The van der Waals surface area contributed by atoms with Gasteiger partial charge >= 0.3 is 0 Å². The van der Waals surface area contributed by atoms with E-state index >= 15 is 0 Å². The first kappa shape index (κ1) is 11.5. The molecule has 3 nitrogen and oxygen atoms in total. The minimum absolute atomic E-state index is 0.471. The predicted molar refractivity (Wildman–Crippen MR) is 69.4 cm³/mol. The third kappa shape index (κ3) is 2.23. The molecule has 0 aliphatic carbocycles. The number of hydrogen-bond acceptors (Lipinski definition) is 3. The first-order valence-corrected chi connectivity index (χ1v) is 5.54. The van der Waals surface area contributed by atoms with E-state index in [0.29, 0.717) is 11.6 Å². The summed E-state index contributed by atoms with van der Waals surface area (Å²) >= 11 is 0. The molecule has 0 aliphatic rings. The molecule has 1 aromatic carbocycles. The maximum Gasteiger partial charge on any atom is 0.242 e. The van der Waals surface area contributed by atoms with Gasteiger partial charge in [0.05, 0.1) is 5.69 Å². The van der Waals surface area contributed by atoms with Crippen LogP contribution in [0.25, 0.3) is 0 Å². The first-order chi connectivity index (χ1) is 8.09. The number of anilines is 1. The molecule has 1 aromatic heterocycles. The summed E-state index contributed by atoms with van der Waals surface area (Å²) in [5.41, 5.74) is 9.79. The van der Waals surface area contributed by atoms with Crippen LogP contribution in [0.3, 0.4) is 0 Å². The van der Waals surface area contributed by atoms with Crippen molar-refractivity contribution < 1.29 is 4.74 Å². The monoisotopic (exact) mass is 228 g/mol. The highest BCUT2D eigenvalue weighted by Crippen LogP contribution is 2.30. The lowest BCUT2D eigenvalue weighted by Crippen LogP contribution is -1.98. The molecule has 0 spiro atoms. The van der Waals surface area contributed by atoms with Crippen molar-refractivity contribution in [2.75, 3.05) is 5.73 Å². The fourth-order valence-electron chi connectivity index (χ4n) is 1.56. The quantitative estimate of drug-likeness (QED) is 0.857. The third-order valence-electron chi connectivity index (χ3n) is 2.93. The molecule has 0 radical (unpaired) electrons. The Balaban J connectivity index is 2.38. The summed E-state index contributed by atoms with van der Waals surface area (Å²) in [5, 5.41) is 0. The average molecular weight is 228 g/mol. The molecule has 0 saturated heterocycles. The highest BCUT2D eigenvalue weighted by molar-refractivity contribution is 5.55. The summed E-state index contributed by atoms with van der Waals surface area (Å²) in [6.07, 6.45) is 1.70. The van der Waals surface area contributed by atoms with Crippen molar-refractivity contribution in [3.63, 3.8) is 0 Å². The van der Waals surface area contributed by atoms with Crippen molar-refractivity contribution in [2.45, 2.75) is 20.8 Å². The van der Waals surface area contributed by atoms with Crippen LogP contribution in [0.5, 0.6) is 11.6 Å². The van der Waals surface area contributed by atoms with E-state index in [9.17, 15) is 0 Å². The van der Waals surface area contributed by atoms with Gasteiger partial charge in [-0.15, -0.1) is 0 Å². The molecule has 0 bridgehead atoms. The van der Waals surface area contributed by atoms with E-state index in [1.165, 1.54) is 5.56 Å². The molecule has 0 saturated carbocycles.